The Hall–Kier alpha value is 0.110. The van der Waals surface area contributed by atoms with Gasteiger partial charge in [-0.1, -0.05) is 29.3 Å². The molecule has 0 fully saturated rings. The van der Waals surface area contributed by atoms with Crippen molar-refractivity contribution in [1.29, 1.82) is 0 Å². The molecular formula is C10H13Cl2NS. The average Bonchev–Trinajstić information content (AvgIpc) is 2.09. The van der Waals surface area contributed by atoms with Gasteiger partial charge in [0.05, 0.1) is 0 Å². The fourth-order valence-corrected chi connectivity index (χ4v) is 2.71. The Morgan fingerprint density at radius 2 is 1.93 bits per heavy atom. The number of hydrogen-bond acceptors (Lipinski definition) is 2. The lowest BCUT2D eigenvalue weighted by Gasteiger charge is -2.07. The second-order valence-electron chi connectivity index (χ2n) is 3.19. The Morgan fingerprint density at radius 3 is 2.43 bits per heavy atom. The molecule has 0 bridgehead atoms. The summed E-state index contributed by atoms with van der Waals surface area (Å²) < 4.78 is 0. The molecule has 14 heavy (non-hydrogen) atoms. The molecule has 1 aromatic rings. The standard InChI is InChI=1S/C10H13Cl2NS/c1-7(13)5-14-6-8-9(11)3-2-4-10(8)12/h2-4,7H,5-6,13H2,1H3. The lowest BCUT2D eigenvalue weighted by atomic mass is 10.2. The minimum Gasteiger partial charge on any atom is -0.327 e. The lowest BCUT2D eigenvalue weighted by Crippen LogP contribution is -2.17. The van der Waals surface area contributed by atoms with E-state index in [1.165, 1.54) is 0 Å². The van der Waals surface area contributed by atoms with Crippen LogP contribution in [0.25, 0.3) is 0 Å². The van der Waals surface area contributed by atoms with Crippen LogP contribution < -0.4 is 5.73 Å². The molecule has 1 unspecified atom stereocenters. The first-order valence-corrected chi connectivity index (χ1v) is 6.28. The van der Waals surface area contributed by atoms with Crippen LogP contribution in [-0.2, 0) is 5.75 Å². The van der Waals surface area contributed by atoms with E-state index >= 15 is 0 Å². The van der Waals surface area contributed by atoms with Gasteiger partial charge in [-0.2, -0.15) is 11.8 Å². The zero-order valence-electron chi connectivity index (χ0n) is 7.97. The summed E-state index contributed by atoms with van der Waals surface area (Å²) in [7, 11) is 0. The zero-order valence-corrected chi connectivity index (χ0v) is 10.3. The molecule has 4 heteroatoms. The van der Waals surface area contributed by atoms with Crippen molar-refractivity contribution in [3.05, 3.63) is 33.8 Å². The molecule has 1 nitrogen and oxygen atoms in total. The largest absolute Gasteiger partial charge is 0.327 e. The van der Waals surface area contributed by atoms with Gasteiger partial charge in [-0.25, -0.2) is 0 Å². The molecule has 0 aliphatic carbocycles. The molecule has 78 valence electrons. The summed E-state index contributed by atoms with van der Waals surface area (Å²) in [6.45, 7) is 1.99. The molecule has 0 saturated carbocycles. The summed E-state index contributed by atoms with van der Waals surface area (Å²) in [5, 5.41) is 1.46. The molecular weight excluding hydrogens is 237 g/mol. The third-order valence-corrected chi connectivity index (χ3v) is 3.65. The van der Waals surface area contributed by atoms with E-state index in [0.29, 0.717) is 0 Å². The highest BCUT2D eigenvalue weighted by molar-refractivity contribution is 7.98. The molecule has 2 N–H and O–H groups in total. The fourth-order valence-electron chi connectivity index (χ4n) is 1.02. The predicted molar refractivity (Wildman–Crippen MR) is 66.3 cm³/mol. The van der Waals surface area contributed by atoms with Crippen molar-refractivity contribution in [2.45, 2.75) is 18.7 Å². The molecule has 1 aromatic carbocycles. The highest BCUT2D eigenvalue weighted by atomic mass is 35.5. The van der Waals surface area contributed by atoms with Crippen molar-refractivity contribution < 1.29 is 0 Å². The molecule has 0 spiro atoms. The highest BCUT2D eigenvalue weighted by Gasteiger charge is 2.05. The average molecular weight is 250 g/mol. The van der Waals surface area contributed by atoms with Gasteiger partial charge in [-0.15, -0.1) is 0 Å². The highest BCUT2D eigenvalue weighted by Crippen LogP contribution is 2.28. The van der Waals surface area contributed by atoms with Gasteiger partial charge < -0.3 is 5.73 Å². The van der Waals surface area contributed by atoms with Crippen LogP contribution in [0.3, 0.4) is 0 Å². The molecule has 0 heterocycles. The molecule has 0 aromatic heterocycles. The van der Waals surface area contributed by atoms with Crippen LogP contribution in [-0.4, -0.2) is 11.8 Å². The molecule has 1 atom stereocenters. The number of rotatable bonds is 4. The smallest absolute Gasteiger partial charge is 0.0461 e. The van der Waals surface area contributed by atoms with E-state index in [1.807, 2.05) is 25.1 Å². The van der Waals surface area contributed by atoms with Crippen molar-refractivity contribution in [3.8, 4) is 0 Å². The fraction of sp³-hybridized carbons (Fsp3) is 0.400. The van der Waals surface area contributed by atoms with Crippen LogP contribution in [0.4, 0.5) is 0 Å². The van der Waals surface area contributed by atoms with E-state index in [0.717, 1.165) is 27.1 Å². The Morgan fingerprint density at radius 1 is 1.36 bits per heavy atom. The number of halogens is 2. The van der Waals surface area contributed by atoms with E-state index in [2.05, 4.69) is 0 Å². The molecule has 0 aliphatic heterocycles. The van der Waals surface area contributed by atoms with E-state index in [1.54, 1.807) is 11.8 Å². The van der Waals surface area contributed by atoms with E-state index in [4.69, 9.17) is 28.9 Å². The second kappa shape index (κ2) is 5.86. The minimum atomic E-state index is 0.210. The van der Waals surface area contributed by atoms with Crippen LogP contribution in [0.5, 0.6) is 0 Å². The maximum Gasteiger partial charge on any atom is 0.0461 e. The van der Waals surface area contributed by atoms with Crippen molar-refractivity contribution in [2.75, 3.05) is 5.75 Å². The molecule has 0 aliphatic rings. The monoisotopic (exact) mass is 249 g/mol. The van der Waals surface area contributed by atoms with Crippen molar-refractivity contribution >= 4 is 35.0 Å². The van der Waals surface area contributed by atoms with Gasteiger partial charge in [0.1, 0.15) is 0 Å². The van der Waals surface area contributed by atoms with Crippen LogP contribution in [0.15, 0.2) is 18.2 Å². The van der Waals surface area contributed by atoms with Crippen molar-refractivity contribution in [2.24, 2.45) is 5.73 Å². The topological polar surface area (TPSA) is 26.0 Å². The quantitative estimate of drug-likeness (QED) is 0.883. The molecule has 0 amide bonds. The third-order valence-electron chi connectivity index (χ3n) is 1.69. The Kier molecular flexibility index (Phi) is 5.10. The summed E-state index contributed by atoms with van der Waals surface area (Å²) in [4.78, 5) is 0. The number of hydrogen-bond donors (Lipinski definition) is 1. The van der Waals surface area contributed by atoms with Gasteiger partial charge in [0.25, 0.3) is 0 Å². The minimum absolute atomic E-state index is 0.210. The van der Waals surface area contributed by atoms with Crippen molar-refractivity contribution in [3.63, 3.8) is 0 Å². The molecule has 0 saturated heterocycles. The van der Waals surface area contributed by atoms with Gasteiger partial charge in [-0.05, 0) is 24.6 Å². The van der Waals surface area contributed by atoms with E-state index < -0.39 is 0 Å². The first-order chi connectivity index (χ1) is 6.61. The maximum atomic E-state index is 6.02. The Labute approximate surface area is 99.0 Å². The third kappa shape index (κ3) is 3.70. The Balaban J connectivity index is 2.58. The van der Waals surface area contributed by atoms with Crippen LogP contribution in [0.2, 0.25) is 10.0 Å². The summed E-state index contributed by atoms with van der Waals surface area (Å²) in [5.74, 6) is 1.74. The lowest BCUT2D eigenvalue weighted by molar-refractivity contribution is 0.847. The summed E-state index contributed by atoms with van der Waals surface area (Å²) in [6.07, 6.45) is 0. The van der Waals surface area contributed by atoms with E-state index in [9.17, 15) is 0 Å². The summed E-state index contributed by atoms with van der Waals surface area (Å²) >= 11 is 13.8. The van der Waals surface area contributed by atoms with E-state index in [-0.39, 0.29) is 6.04 Å². The van der Waals surface area contributed by atoms with Crippen molar-refractivity contribution in [1.82, 2.24) is 0 Å². The van der Waals surface area contributed by atoms with Gasteiger partial charge in [-0.3, -0.25) is 0 Å². The van der Waals surface area contributed by atoms with Gasteiger partial charge >= 0.3 is 0 Å². The van der Waals surface area contributed by atoms with Crippen LogP contribution in [0.1, 0.15) is 12.5 Å². The normalized spacial score (nSPS) is 12.9. The predicted octanol–water partition coefficient (Wildman–Crippen LogP) is 3.57. The first kappa shape index (κ1) is 12.2. The summed E-state index contributed by atoms with van der Waals surface area (Å²) in [5.41, 5.74) is 6.65. The number of thioether (sulfide) groups is 1. The number of nitrogens with two attached hydrogens (primary N) is 1. The zero-order chi connectivity index (χ0) is 10.6. The summed E-state index contributed by atoms with van der Waals surface area (Å²) in [6, 6.07) is 5.77. The maximum absolute atomic E-state index is 6.02. The number of benzene rings is 1. The van der Waals surface area contributed by atoms with Gasteiger partial charge in [0, 0.05) is 27.6 Å². The van der Waals surface area contributed by atoms with Crippen LogP contribution in [0, 0.1) is 0 Å². The van der Waals surface area contributed by atoms with Gasteiger partial charge in [0.2, 0.25) is 0 Å². The Bertz CT molecular complexity index is 282. The van der Waals surface area contributed by atoms with Crippen LogP contribution >= 0.6 is 35.0 Å². The molecule has 0 radical (unpaired) electrons. The first-order valence-electron chi connectivity index (χ1n) is 4.37. The van der Waals surface area contributed by atoms with Gasteiger partial charge in [0.15, 0.2) is 0 Å². The molecule has 1 rings (SSSR count). The SMILES string of the molecule is CC(N)CSCc1c(Cl)cccc1Cl. The second-order valence-corrected chi connectivity index (χ2v) is 5.04.